The van der Waals surface area contributed by atoms with Gasteiger partial charge in [0.1, 0.15) is 0 Å². The van der Waals surface area contributed by atoms with Crippen LogP contribution in [-0.2, 0) is 25.6 Å². The first kappa shape index (κ1) is 29.9. The van der Waals surface area contributed by atoms with Crippen molar-refractivity contribution in [2.45, 2.75) is 78.2 Å². The van der Waals surface area contributed by atoms with Crippen LogP contribution in [0.1, 0.15) is 82.4 Å². The van der Waals surface area contributed by atoms with Gasteiger partial charge in [0.05, 0.1) is 12.6 Å². The summed E-state index contributed by atoms with van der Waals surface area (Å²) >= 11 is 0. The van der Waals surface area contributed by atoms with Crippen LogP contribution in [0.2, 0.25) is 0 Å². The molecule has 3 rings (SSSR count). The summed E-state index contributed by atoms with van der Waals surface area (Å²) < 4.78 is 4.98. The number of oxime groups is 1. The minimum Gasteiger partial charge on any atom is -0.432 e. The molecule has 0 unspecified atom stereocenters. The zero-order chi connectivity index (χ0) is 28.4. The predicted octanol–water partition coefficient (Wildman–Crippen LogP) is 5.49. The number of amides is 1. The highest BCUT2D eigenvalue weighted by atomic mass is 16.8. The topological polar surface area (TPSA) is 120 Å². The molecule has 0 aromatic heterocycles. The lowest BCUT2D eigenvalue weighted by Crippen LogP contribution is -2.42. The minimum absolute atomic E-state index is 0.00825. The Labute approximate surface area is 231 Å². The van der Waals surface area contributed by atoms with Crippen LogP contribution in [0.4, 0.5) is 4.79 Å². The molecular weight excluding hydrogens is 494 g/mol. The molecule has 2 aromatic rings. The first-order chi connectivity index (χ1) is 18.5. The SMILES string of the molecule is C[C@H](NC(=O)[C@@H]1CCC[C@H](c2ccccc2)C1)C(=O)CCc1ccc(/C(N)=N/OC(=O)OCC(C)(C)C)cc1. The Bertz CT molecular complexity index is 1140. The molecule has 8 heteroatoms. The van der Waals surface area contributed by atoms with Crippen molar-refractivity contribution < 1.29 is 24.0 Å². The van der Waals surface area contributed by atoms with Gasteiger partial charge in [-0.05, 0) is 55.1 Å². The number of Topliss-reactive ketones (excluding diaryl/α,β-unsaturated/α-hetero) is 1. The number of rotatable bonds is 10. The molecule has 1 saturated carbocycles. The summed E-state index contributed by atoms with van der Waals surface area (Å²) in [4.78, 5) is 42.0. The molecule has 39 heavy (non-hydrogen) atoms. The number of amidine groups is 1. The van der Waals surface area contributed by atoms with E-state index in [1.54, 1.807) is 19.1 Å². The number of benzene rings is 2. The largest absolute Gasteiger partial charge is 0.535 e. The lowest BCUT2D eigenvalue weighted by atomic mass is 9.77. The zero-order valence-electron chi connectivity index (χ0n) is 23.4. The van der Waals surface area contributed by atoms with Crippen molar-refractivity contribution in [3.8, 4) is 0 Å². The Morgan fingerprint density at radius 1 is 1.05 bits per heavy atom. The van der Waals surface area contributed by atoms with Crippen LogP contribution in [0.3, 0.4) is 0 Å². The quantitative estimate of drug-likeness (QED) is 0.137. The zero-order valence-corrected chi connectivity index (χ0v) is 23.4. The maximum Gasteiger partial charge on any atom is 0.535 e. The molecule has 3 atom stereocenters. The van der Waals surface area contributed by atoms with Crippen LogP contribution in [0.15, 0.2) is 59.8 Å². The monoisotopic (exact) mass is 535 g/mol. The summed E-state index contributed by atoms with van der Waals surface area (Å²) in [6.07, 6.45) is 3.71. The normalized spacial score (nSPS) is 18.6. The molecule has 8 nitrogen and oxygen atoms in total. The molecule has 2 aromatic carbocycles. The maximum absolute atomic E-state index is 12.9. The summed E-state index contributed by atoms with van der Waals surface area (Å²) in [7, 11) is 0. The third kappa shape index (κ3) is 9.85. The van der Waals surface area contributed by atoms with Gasteiger partial charge >= 0.3 is 6.16 Å². The fourth-order valence-electron chi connectivity index (χ4n) is 4.63. The maximum atomic E-state index is 12.9. The van der Waals surface area contributed by atoms with Gasteiger partial charge in [0.2, 0.25) is 5.91 Å². The molecular formula is C31H41N3O5. The number of carbonyl (C=O) groups excluding carboxylic acids is 3. The van der Waals surface area contributed by atoms with E-state index in [0.29, 0.717) is 24.3 Å². The number of nitrogens with one attached hydrogen (secondary N) is 1. The highest BCUT2D eigenvalue weighted by Gasteiger charge is 2.29. The van der Waals surface area contributed by atoms with Crippen molar-refractivity contribution in [3.05, 3.63) is 71.3 Å². The average molecular weight is 536 g/mol. The molecule has 3 N–H and O–H groups in total. The van der Waals surface area contributed by atoms with Crippen LogP contribution >= 0.6 is 0 Å². The van der Waals surface area contributed by atoms with Crippen molar-refractivity contribution in [2.24, 2.45) is 22.2 Å². The first-order valence-corrected chi connectivity index (χ1v) is 13.7. The van der Waals surface area contributed by atoms with Crippen LogP contribution < -0.4 is 11.1 Å². The van der Waals surface area contributed by atoms with Gasteiger partial charge in [-0.2, -0.15) is 0 Å². The van der Waals surface area contributed by atoms with Crippen LogP contribution in [0, 0.1) is 11.3 Å². The van der Waals surface area contributed by atoms with Gasteiger partial charge in [0.15, 0.2) is 11.6 Å². The molecule has 1 aliphatic rings. The molecule has 1 fully saturated rings. The molecule has 1 aliphatic carbocycles. The van der Waals surface area contributed by atoms with Crippen molar-refractivity contribution in [3.63, 3.8) is 0 Å². The Kier molecular flexibility index (Phi) is 10.7. The third-order valence-corrected chi connectivity index (χ3v) is 6.91. The first-order valence-electron chi connectivity index (χ1n) is 13.7. The third-order valence-electron chi connectivity index (χ3n) is 6.91. The fourth-order valence-corrected chi connectivity index (χ4v) is 4.63. The summed E-state index contributed by atoms with van der Waals surface area (Å²) in [5.41, 5.74) is 8.53. The number of ketones is 1. The lowest BCUT2D eigenvalue weighted by Gasteiger charge is -2.29. The standard InChI is InChI=1S/C31H41N3O5/c1-21(33-29(36)26-12-8-11-25(19-26)23-9-6-5-7-10-23)27(35)18-15-22-13-16-24(17-14-22)28(32)34-39-30(37)38-20-31(2,3)4/h5-7,9-10,13-14,16-17,21,25-26H,8,11-12,15,18-20H2,1-4H3,(H2,32,34)(H,33,36)/t21-,25-,26+/m0/s1. The van der Waals surface area contributed by atoms with Crippen LogP contribution in [0.5, 0.6) is 0 Å². The minimum atomic E-state index is -0.913. The van der Waals surface area contributed by atoms with Gasteiger partial charge < -0.3 is 15.8 Å². The number of aryl methyl sites for hydroxylation is 1. The Balaban J connectivity index is 1.43. The van der Waals surface area contributed by atoms with Gasteiger partial charge in [0.25, 0.3) is 0 Å². The number of hydrogen-bond donors (Lipinski definition) is 2. The Morgan fingerprint density at radius 3 is 2.41 bits per heavy atom. The molecule has 1 amide bonds. The van der Waals surface area contributed by atoms with Gasteiger partial charge in [-0.25, -0.2) is 4.79 Å². The molecule has 210 valence electrons. The van der Waals surface area contributed by atoms with E-state index in [4.69, 9.17) is 15.3 Å². The Morgan fingerprint density at radius 2 is 1.74 bits per heavy atom. The van der Waals surface area contributed by atoms with Crippen molar-refractivity contribution in [2.75, 3.05) is 6.61 Å². The van der Waals surface area contributed by atoms with E-state index >= 15 is 0 Å². The summed E-state index contributed by atoms with van der Waals surface area (Å²) in [5, 5.41) is 6.59. The fraction of sp³-hybridized carbons (Fsp3) is 0.484. The average Bonchev–Trinajstić information content (AvgIpc) is 2.93. The highest BCUT2D eigenvalue weighted by molar-refractivity contribution is 5.97. The van der Waals surface area contributed by atoms with E-state index in [1.165, 1.54) is 5.56 Å². The molecule has 0 bridgehead atoms. The lowest BCUT2D eigenvalue weighted by molar-refractivity contribution is -0.130. The van der Waals surface area contributed by atoms with E-state index in [1.807, 2.05) is 51.1 Å². The smallest absolute Gasteiger partial charge is 0.432 e. The number of hydrogen-bond acceptors (Lipinski definition) is 6. The van der Waals surface area contributed by atoms with E-state index in [2.05, 4.69) is 22.6 Å². The van der Waals surface area contributed by atoms with E-state index < -0.39 is 12.2 Å². The molecule has 0 aliphatic heterocycles. The molecule has 0 spiro atoms. The summed E-state index contributed by atoms with van der Waals surface area (Å²) in [6.45, 7) is 7.75. The Hall–Kier alpha value is -3.68. The summed E-state index contributed by atoms with van der Waals surface area (Å²) in [5.74, 6) is 0.325. The van der Waals surface area contributed by atoms with Crippen molar-refractivity contribution in [1.29, 1.82) is 0 Å². The van der Waals surface area contributed by atoms with Gasteiger partial charge in [-0.1, -0.05) is 86.9 Å². The second kappa shape index (κ2) is 13.9. The second-order valence-electron chi connectivity index (χ2n) is 11.5. The van der Waals surface area contributed by atoms with E-state index in [-0.39, 0.29) is 35.5 Å². The number of nitrogens with two attached hydrogens (primary N) is 1. The van der Waals surface area contributed by atoms with Gasteiger partial charge in [-0.3, -0.25) is 14.4 Å². The van der Waals surface area contributed by atoms with E-state index in [9.17, 15) is 14.4 Å². The van der Waals surface area contributed by atoms with Crippen molar-refractivity contribution >= 4 is 23.7 Å². The van der Waals surface area contributed by atoms with Gasteiger partial charge in [0, 0.05) is 17.9 Å². The van der Waals surface area contributed by atoms with Crippen molar-refractivity contribution in [1.82, 2.24) is 5.32 Å². The second-order valence-corrected chi connectivity index (χ2v) is 11.5. The molecule has 0 radical (unpaired) electrons. The summed E-state index contributed by atoms with van der Waals surface area (Å²) in [6, 6.07) is 17.0. The molecule has 0 heterocycles. The number of nitrogens with zero attached hydrogens (tertiary/aromatic N) is 1. The molecule has 0 saturated heterocycles. The number of carbonyl (C=O) groups is 3. The number of ether oxygens (including phenoxy) is 1. The van der Waals surface area contributed by atoms with Gasteiger partial charge in [-0.15, -0.1) is 0 Å². The van der Waals surface area contributed by atoms with Crippen LogP contribution in [-0.4, -0.2) is 36.3 Å². The highest BCUT2D eigenvalue weighted by Crippen LogP contribution is 2.36. The predicted molar refractivity (Wildman–Crippen MR) is 151 cm³/mol. The van der Waals surface area contributed by atoms with Crippen LogP contribution in [0.25, 0.3) is 0 Å². The van der Waals surface area contributed by atoms with E-state index in [0.717, 1.165) is 31.2 Å².